The highest BCUT2D eigenvalue weighted by Crippen LogP contribution is 2.25. The van der Waals surface area contributed by atoms with E-state index in [9.17, 15) is 9.59 Å². The number of amides is 1. The lowest BCUT2D eigenvalue weighted by molar-refractivity contribution is -0.142. The molecule has 0 aliphatic carbocycles. The van der Waals surface area contributed by atoms with E-state index < -0.39 is 18.1 Å². The number of aliphatic hydroxyl groups is 1. The zero-order valence-electron chi connectivity index (χ0n) is 10.3. The topological polar surface area (TPSA) is 98.7 Å². The van der Waals surface area contributed by atoms with Crippen LogP contribution in [0.1, 0.15) is 12.0 Å². The first-order valence-corrected chi connectivity index (χ1v) is 6.10. The highest BCUT2D eigenvalue weighted by molar-refractivity contribution is 5.90. The van der Waals surface area contributed by atoms with Gasteiger partial charge in [-0.15, -0.1) is 0 Å². The van der Waals surface area contributed by atoms with E-state index in [1.54, 1.807) is 0 Å². The lowest BCUT2D eigenvalue weighted by Gasteiger charge is -2.17. The number of carbonyl (C=O) groups excluding carboxylic acids is 1. The summed E-state index contributed by atoms with van der Waals surface area (Å²) in [6.07, 6.45) is 0.536. The molecule has 4 N–H and O–H groups in total. The fourth-order valence-corrected chi connectivity index (χ4v) is 2.11. The van der Waals surface area contributed by atoms with Gasteiger partial charge in [-0.25, -0.2) is 4.79 Å². The van der Waals surface area contributed by atoms with Gasteiger partial charge in [-0.2, -0.15) is 0 Å². The number of aliphatic hydroxyl groups excluding tert-OH is 1. The predicted octanol–water partition coefficient (Wildman–Crippen LogP) is -0.0250. The van der Waals surface area contributed by atoms with Gasteiger partial charge < -0.3 is 20.8 Å². The molecule has 1 amide bonds. The second-order valence-electron chi connectivity index (χ2n) is 4.47. The van der Waals surface area contributed by atoms with Crippen LogP contribution in [0.15, 0.2) is 24.3 Å². The Kier molecular flexibility index (Phi) is 4.01. The lowest BCUT2D eigenvalue weighted by atomic mass is 10.1. The third-order valence-electron chi connectivity index (χ3n) is 3.12. The molecule has 0 saturated carbocycles. The van der Waals surface area contributed by atoms with E-state index in [1.165, 1.54) is 0 Å². The molecule has 0 spiro atoms. The Balaban J connectivity index is 1.97. The maximum absolute atomic E-state index is 12.0. The molecule has 1 aromatic rings. The Labute approximate surface area is 110 Å². The quantitative estimate of drug-likeness (QED) is 0.599. The second kappa shape index (κ2) is 5.71. The molecule has 0 fully saturated rings. The number of hydrogen-bond donors (Lipinski definition) is 4. The summed E-state index contributed by atoms with van der Waals surface area (Å²) in [5.41, 5.74) is 1.94. The molecular weight excluding hydrogens is 248 g/mol. The maximum atomic E-state index is 12.0. The standard InChI is InChI=1S/C13H16N2O4/c16-6-5-10(13(18)19)15-12(17)11-7-8-3-1-2-4-9(8)14-11/h1-4,10-11,14,16H,5-7H2,(H,15,17)(H,18,19)/t10?,11-/m0/s1. The summed E-state index contributed by atoms with van der Waals surface area (Å²) in [6, 6.07) is 6.06. The van der Waals surface area contributed by atoms with Crippen LogP contribution in [-0.4, -0.2) is 40.8 Å². The van der Waals surface area contributed by atoms with Crippen LogP contribution >= 0.6 is 0 Å². The van der Waals surface area contributed by atoms with E-state index in [-0.39, 0.29) is 18.9 Å². The fraction of sp³-hybridized carbons (Fsp3) is 0.385. The molecule has 19 heavy (non-hydrogen) atoms. The van der Waals surface area contributed by atoms with Crippen LogP contribution in [-0.2, 0) is 16.0 Å². The van der Waals surface area contributed by atoms with Crippen LogP contribution < -0.4 is 10.6 Å². The van der Waals surface area contributed by atoms with Crippen LogP contribution in [0, 0.1) is 0 Å². The smallest absolute Gasteiger partial charge is 0.326 e. The van der Waals surface area contributed by atoms with Gasteiger partial charge in [-0.1, -0.05) is 18.2 Å². The summed E-state index contributed by atoms with van der Waals surface area (Å²) in [6.45, 7) is -0.282. The van der Waals surface area contributed by atoms with Crippen molar-refractivity contribution >= 4 is 17.6 Å². The van der Waals surface area contributed by atoms with Crippen molar-refractivity contribution in [3.8, 4) is 0 Å². The number of benzene rings is 1. The molecule has 2 rings (SSSR count). The zero-order valence-corrected chi connectivity index (χ0v) is 10.3. The van der Waals surface area contributed by atoms with Crippen LogP contribution in [0.25, 0.3) is 0 Å². The Hall–Kier alpha value is -2.08. The fourth-order valence-electron chi connectivity index (χ4n) is 2.11. The van der Waals surface area contributed by atoms with Gasteiger partial charge in [0.05, 0.1) is 0 Å². The minimum Gasteiger partial charge on any atom is -0.480 e. The zero-order chi connectivity index (χ0) is 13.8. The minimum atomic E-state index is -1.14. The molecule has 1 aliphatic heterocycles. The Morgan fingerprint density at radius 2 is 2.16 bits per heavy atom. The van der Waals surface area contributed by atoms with E-state index >= 15 is 0 Å². The molecule has 6 nitrogen and oxygen atoms in total. The first-order valence-electron chi connectivity index (χ1n) is 6.10. The number of nitrogens with one attached hydrogen (secondary N) is 2. The lowest BCUT2D eigenvalue weighted by Crippen LogP contribution is -2.47. The molecule has 0 aromatic heterocycles. The number of carboxylic acid groups (broad SMARTS) is 1. The monoisotopic (exact) mass is 264 g/mol. The third kappa shape index (κ3) is 3.03. The molecule has 1 heterocycles. The first kappa shape index (κ1) is 13.4. The van der Waals surface area contributed by atoms with Crippen molar-refractivity contribution in [2.75, 3.05) is 11.9 Å². The number of hydrogen-bond acceptors (Lipinski definition) is 4. The van der Waals surface area contributed by atoms with Crippen molar-refractivity contribution in [3.63, 3.8) is 0 Å². The van der Waals surface area contributed by atoms with E-state index in [0.29, 0.717) is 6.42 Å². The number of rotatable bonds is 5. The summed E-state index contributed by atoms with van der Waals surface area (Å²) < 4.78 is 0. The normalized spacial score (nSPS) is 18.3. The SMILES string of the molecule is O=C(O)C(CCO)NC(=O)[C@@H]1Cc2ccccc2N1. The van der Waals surface area contributed by atoms with Gasteiger partial charge in [-0.3, -0.25) is 4.79 Å². The van der Waals surface area contributed by atoms with Crippen LogP contribution in [0.3, 0.4) is 0 Å². The van der Waals surface area contributed by atoms with E-state index in [0.717, 1.165) is 11.3 Å². The van der Waals surface area contributed by atoms with Crippen molar-refractivity contribution in [1.82, 2.24) is 5.32 Å². The molecule has 2 atom stereocenters. The van der Waals surface area contributed by atoms with Crippen molar-refractivity contribution in [1.29, 1.82) is 0 Å². The van der Waals surface area contributed by atoms with E-state index in [1.807, 2.05) is 24.3 Å². The summed E-state index contributed by atoms with van der Waals surface area (Å²) in [4.78, 5) is 22.9. The number of para-hydroxylation sites is 1. The number of carboxylic acids is 1. The average molecular weight is 264 g/mol. The van der Waals surface area contributed by atoms with Crippen LogP contribution in [0.5, 0.6) is 0 Å². The number of anilines is 1. The van der Waals surface area contributed by atoms with Gasteiger partial charge in [0.25, 0.3) is 0 Å². The van der Waals surface area contributed by atoms with Gasteiger partial charge >= 0.3 is 5.97 Å². The minimum absolute atomic E-state index is 0.000736. The van der Waals surface area contributed by atoms with E-state index in [4.69, 9.17) is 10.2 Å². The average Bonchev–Trinajstić information content (AvgIpc) is 2.81. The summed E-state index contributed by atoms with van der Waals surface area (Å²) in [5, 5.41) is 23.2. The van der Waals surface area contributed by atoms with Crippen molar-refractivity contribution in [2.45, 2.75) is 24.9 Å². The molecule has 1 aliphatic rings. The Morgan fingerprint density at radius 3 is 2.79 bits per heavy atom. The number of carbonyl (C=O) groups is 2. The number of fused-ring (bicyclic) bond motifs is 1. The largest absolute Gasteiger partial charge is 0.480 e. The molecule has 1 unspecified atom stereocenters. The molecule has 102 valence electrons. The predicted molar refractivity (Wildman–Crippen MR) is 68.8 cm³/mol. The Bertz CT molecular complexity index is 464. The van der Waals surface area contributed by atoms with Crippen molar-refractivity contribution in [2.24, 2.45) is 0 Å². The first-order chi connectivity index (χ1) is 9.11. The number of aliphatic carboxylic acids is 1. The molecule has 0 saturated heterocycles. The van der Waals surface area contributed by atoms with Gasteiger partial charge in [0.2, 0.25) is 5.91 Å². The molecular formula is C13H16N2O4. The summed E-state index contributed by atoms with van der Waals surface area (Å²) in [7, 11) is 0. The second-order valence-corrected chi connectivity index (χ2v) is 4.47. The van der Waals surface area contributed by atoms with Crippen LogP contribution in [0.2, 0.25) is 0 Å². The maximum Gasteiger partial charge on any atom is 0.326 e. The van der Waals surface area contributed by atoms with Crippen molar-refractivity contribution in [3.05, 3.63) is 29.8 Å². The summed E-state index contributed by atoms with van der Waals surface area (Å²) >= 11 is 0. The Morgan fingerprint density at radius 1 is 1.42 bits per heavy atom. The molecule has 0 radical (unpaired) electrons. The van der Waals surface area contributed by atoms with Gasteiger partial charge in [0, 0.05) is 25.1 Å². The van der Waals surface area contributed by atoms with E-state index in [2.05, 4.69) is 10.6 Å². The van der Waals surface area contributed by atoms with Gasteiger partial charge in [0.1, 0.15) is 12.1 Å². The highest BCUT2D eigenvalue weighted by atomic mass is 16.4. The van der Waals surface area contributed by atoms with Gasteiger partial charge in [-0.05, 0) is 11.6 Å². The molecule has 1 aromatic carbocycles. The molecule has 6 heteroatoms. The van der Waals surface area contributed by atoms with Crippen LogP contribution in [0.4, 0.5) is 5.69 Å². The summed E-state index contributed by atoms with van der Waals surface area (Å²) in [5.74, 6) is -1.50. The van der Waals surface area contributed by atoms with Crippen molar-refractivity contribution < 1.29 is 19.8 Å². The van der Waals surface area contributed by atoms with Gasteiger partial charge in [0.15, 0.2) is 0 Å². The third-order valence-corrected chi connectivity index (χ3v) is 3.12. The highest BCUT2D eigenvalue weighted by Gasteiger charge is 2.29. The molecule has 0 bridgehead atoms.